The third-order valence-corrected chi connectivity index (χ3v) is 3.23. The van der Waals surface area contributed by atoms with Crippen molar-refractivity contribution in [2.45, 2.75) is 59.5 Å². The molecule has 0 bridgehead atoms. The minimum Gasteiger partial charge on any atom is -0.302 e. The van der Waals surface area contributed by atoms with E-state index in [1.165, 1.54) is 0 Å². The first-order valence-corrected chi connectivity index (χ1v) is 7.43. The van der Waals surface area contributed by atoms with Crippen LogP contribution in [0.4, 0.5) is 0 Å². The molecule has 0 saturated carbocycles. The van der Waals surface area contributed by atoms with Gasteiger partial charge in [-0.1, -0.05) is 44.5 Å². The molecular weight excluding hydrogens is 270 g/mol. The highest BCUT2D eigenvalue weighted by atomic mass is 35.5. The SMILES string of the molecule is CC(C)(C)NC(Cc1cccc(Cl)c1)C(=O)C(C)(C)C. The van der Waals surface area contributed by atoms with Gasteiger partial charge in [0, 0.05) is 16.0 Å². The Kier molecular flexibility index (Phi) is 5.39. The first-order chi connectivity index (χ1) is 8.99. The van der Waals surface area contributed by atoms with Gasteiger partial charge in [0.05, 0.1) is 6.04 Å². The monoisotopic (exact) mass is 295 g/mol. The zero-order valence-electron chi connectivity index (χ0n) is 13.4. The fourth-order valence-electron chi connectivity index (χ4n) is 2.15. The van der Waals surface area contributed by atoms with Gasteiger partial charge in [0.1, 0.15) is 0 Å². The number of carbonyl (C=O) groups excluding carboxylic acids is 1. The van der Waals surface area contributed by atoms with Crippen LogP contribution < -0.4 is 5.32 Å². The van der Waals surface area contributed by atoms with Crippen LogP contribution in [0.5, 0.6) is 0 Å². The van der Waals surface area contributed by atoms with E-state index in [4.69, 9.17) is 11.6 Å². The topological polar surface area (TPSA) is 29.1 Å². The van der Waals surface area contributed by atoms with Crippen LogP contribution in [0.2, 0.25) is 5.02 Å². The molecule has 0 aliphatic heterocycles. The molecule has 1 atom stereocenters. The summed E-state index contributed by atoms with van der Waals surface area (Å²) in [4.78, 5) is 12.6. The summed E-state index contributed by atoms with van der Waals surface area (Å²) < 4.78 is 0. The molecule has 0 aliphatic rings. The quantitative estimate of drug-likeness (QED) is 0.899. The molecule has 20 heavy (non-hydrogen) atoms. The van der Waals surface area contributed by atoms with E-state index in [0.717, 1.165) is 5.56 Å². The second-order valence-corrected chi connectivity index (χ2v) is 7.83. The van der Waals surface area contributed by atoms with Gasteiger partial charge in [0.25, 0.3) is 0 Å². The Balaban J connectivity index is 2.97. The fourth-order valence-corrected chi connectivity index (χ4v) is 2.37. The molecule has 1 N–H and O–H groups in total. The average molecular weight is 296 g/mol. The van der Waals surface area contributed by atoms with Crippen molar-refractivity contribution < 1.29 is 4.79 Å². The molecular formula is C17H26ClNO. The number of benzene rings is 1. The minimum absolute atomic E-state index is 0.107. The van der Waals surface area contributed by atoms with Gasteiger partial charge < -0.3 is 5.32 Å². The van der Waals surface area contributed by atoms with Crippen molar-refractivity contribution in [3.05, 3.63) is 34.9 Å². The minimum atomic E-state index is -0.360. The van der Waals surface area contributed by atoms with Gasteiger partial charge in [0.15, 0.2) is 5.78 Å². The molecule has 1 unspecified atom stereocenters. The molecule has 0 spiro atoms. The standard InChI is InChI=1S/C17H26ClNO/c1-16(2,3)15(20)14(19-17(4,5)6)11-12-8-7-9-13(18)10-12/h7-10,14,19H,11H2,1-6H3. The van der Waals surface area contributed by atoms with Crippen molar-refractivity contribution in [1.29, 1.82) is 0 Å². The van der Waals surface area contributed by atoms with Crippen molar-refractivity contribution >= 4 is 17.4 Å². The molecule has 3 heteroatoms. The van der Waals surface area contributed by atoms with Gasteiger partial charge in [-0.25, -0.2) is 0 Å². The molecule has 1 rings (SSSR count). The van der Waals surface area contributed by atoms with Crippen LogP contribution in [-0.2, 0) is 11.2 Å². The van der Waals surface area contributed by atoms with Crippen LogP contribution in [-0.4, -0.2) is 17.4 Å². The Bertz CT molecular complexity index is 469. The zero-order valence-corrected chi connectivity index (χ0v) is 14.1. The number of halogens is 1. The summed E-state index contributed by atoms with van der Waals surface area (Å²) in [7, 11) is 0. The maximum absolute atomic E-state index is 12.6. The summed E-state index contributed by atoms with van der Waals surface area (Å²) in [6.45, 7) is 12.1. The Morgan fingerprint density at radius 3 is 2.25 bits per heavy atom. The number of carbonyl (C=O) groups is 1. The molecule has 0 saturated heterocycles. The second-order valence-electron chi connectivity index (χ2n) is 7.40. The van der Waals surface area contributed by atoms with E-state index in [0.29, 0.717) is 11.4 Å². The van der Waals surface area contributed by atoms with Gasteiger partial charge >= 0.3 is 0 Å². The largest absolute Gasteiger partial charge is 0.302 e. The molecule has 1 aromatic rings. The normalized spacial score (nSPS) is 14.2. The molecule has 0 heterocycles. The average Bonchev–Trinajstić information content (AvgIpc) is 2.24. The summed E-state index contributed by atoms with van der Waals surface area (Å²) >= 11 is 6.03. The van der Waals surface area contributed by atoms with Gasteiger partial charge in [-0.05, 0) is 44.9 Å². The molecule has 0 radical (unpaired) electrons. The summed E-state index contributed by atoms with van der Waals surface area (Å²) in [5.41, 5.74) is 0.614. The van der Waals surface area contributed by atoms with E-state index in [1.54, 1.807) is 0 Å². The van der Waals surface area contributed by atoms with Crippen molar-refractivity contribution in [2.24, 2.45) is 5.41 Å². The van der Waals surface area contributed by atoms with Crippen LogP contribution in [0, 0.1) is 5.41 Å². The van der Waals surface area contributed by atoms with E-state index in [2.05, 4.69) is 26.1 Å². The van der Waals surface area contributed by atoms with Crippen molar-refractivity contribution in [3.63, 3.8) is 0 Å². The molecule has 112 valence electrons. The molecule has 0 aromatic heterocycles. The third kappa shape index (κ3) is 5.64. The lowest BCUT2D eigenvalue weighted by molar-refractivity contribution is -0.128. The van der Waals surface area contributed by atoms with E-state index in [9.17, 15) is 4.79 Å². The zero-order chi connectivity index (χ0) is 15.6. The number of hydrogen-bond acceptors (Lipinski definition) is 2. The van der Waals surface area contributed by atoms with Gasteiger partial charge in [-0.2, -0.15) is 0 Å². The lowest BCUT2D eigenvalue weighted by Gasteiger charge is -2.32. The van der Waals surface area contributed by atoms with Crippen LogP contribution in [0.25, 0.3) is 0 Å². The summed E-state index contributed by atoms with van der Waals surface area (Å²) in [5, 5.41) is 4.15. The second kappa shape index (κ2) is 6.28. The van der Waals surface area contributed by atoms with Gasteiger partial charge in [-0.15, -0.1) is 0 Å². The van der Waals surface area contributed by atoms with E-state index < -0.39 is 0 Å². The Labute approximate surface area is 127 Å². The number of Topliss-reactive ketones (excluding diaryl/α,β-unsaturated/α-hetero) is 1. The highest BCUT2D eigenvalue weighted by Crippen LogP contribution is 2.21. The Morgan fingerprint density at radius 1 is 1.20 bits per heavy atom. The maximum Gasteiger partial charge on any atom is 0.155 e. The molecule has 0 amide bonds. The van der Waals surface area contributed by atoms with Crippen molar-refractivity contribution in [1.82, 2.24) is 5.32 Å². The van der Waals surface area contributed by atoms with E-state index in [1.807, 2.05) is 45.0 Å². The third-order valence-electron chi connectivity index (χ3n) is 2.99. The summed E-state index contributed by atoms with van der Waals surface area (Å²) in [6.07, 6.45) is 0.661. The smallest absolute Gasteiger partial charge is 0.155 e. The summed E-state index contributed by atoms with van der Waals surface area (Å²) in [6, 6.07) is 7.51. The molecule has 0 fully saturated rings. The van der Waals surface area contributed by atoms with Crippen molar-refractivity contribution in [2.75, 3.05) is 0 Å². The fraction of sp³-hybridized carbons (Fsp3) is 0.588. The molecule has 2 nitrogen and oxygen atoms in total. The summed E-state index contributed by atoms with van der Waals surface area (Å²) in [5.74, 6) is 0.229. The highest BCUT2D eigenvalue weighted by Gasteiger charge is 2.31. The van der Waals surface area contributed by atoms with Gasteiger partial charge in [0.2, 0.25) is 0 Å². The molecule has 1 aromatic carbocycles. The lowest BCUT2D eigenvalue weighted by Crippen LogP contribution is -2.51. The first kappa shape index (κ1) is 17.2. The van der Waals surface area contributed by atoms with Gasteiger partial charge in [-0.3, -0.25) is 4.79 Å². The predicted molar refractivity (Wildman–Crippen MR) is 86.3 cm³/mol. The number of nitrogens with one attached hydrogen (secondary N) is 1. The highest BCUT2D eigenvalue weighted by molar-refractivity contribution is 6.30. The Hall–Kier alpha value is -0.860. The van der Waals surface area contributed by atoms with E-state index in [-0.39, 0.29) is 22.8 Å². The van der Waals surface area contributed by atoms with Crippen LogP contribution in [0.1, 0.15) is 47.1 Å². The lowest BCUT2D eigenvalue weighted by atomic mass is 9.83. The first-order valence-electron chi connectivity index (χ1n) is 7.05. The maximum atomic E-state index is 12.6. The predicted octanol–water partition coefficient (Wildman–Crippen LogP) is 4.25. The number of rotatable bonds is 4. The molecule has 0 aliphatic carbocycles. The Morgan fingerprint density at radius 2 is 1.80 bits per heavy atom. The van der Waals surface area contributed by atoms with E-state index >= 15 is 0 Å². The van der Waals surface area contributed by atoms with Crippen LogP contribution in [0.3, 0.4) is 0 Å². The van der Waals surface area contributed by atoms with Crippen LogP contribution >= 0.6 is 11.6 Å². The van der Waals surface area contributed by atoms with Crippen LogP contribution in [0.15, 0.2) is 24.3 Å². The number of ketones is 1. The van der Waals surface area contributed by atoms with Crippen molar-refractivity contribution in [3.8, 4) is 0 Å². The number of hydrogen-bond donors (Lipinski definition) is 1.